The van der Waals surface area contributed by atoms with Crippen molar-refractivity contribution in [2.45, 2.75) is 0 Å². The van der Waals surface area contributed by atoms with Gasteiger partial charge in [-0.25, -0.2) is 10.4 Å². The Labute approximate surface area is 170 Å². The highest BCUT2D eigenvalue weighted by atomic mass is 35.5. The lowest BCUT2D eigenvalue weighted by molar-refractivity contribution is 0.0950. The van der Waals surface area contributed by atoms with E-state index in [1.54, 1.807) is 0 Å². The molecule has 0 aliphatic heterocycles. The number of nitrogens with one attached hydrogen (secondary N) is 1. The van der Waals surface area contributed by atoms with Gasteiger partial charge in [-0.2, -0.15) is 5.10 Å². The van der Waals surface area contributed by atoms with Crippen LogP contribution in [-0.2, 0) is 0 Å². The molecule has 3 N–H and O–H groups in total. The van der Waals surface area contributed by atoms with Crippen LogP contribution < -0.4 is 11.2 Å². The van der Waals surface area contributed by atoms with Gasteiger partial charge in [-0.05, 0) is 16.7 Å². The van der Waals surface area contributed by atoms with Gasteiger partial charge >= 0.3 is 0 Å². The highest BCUT2D eigenvalue weighted by Crippen LogP contribution is 2.34. The van der Waals surface area contributed by atoms with E-state index in [0.29, 0.717) is 0 Å². The molecular weight excluding hydrogens is 407 g/mol. The quantitative estimate of drug-likeness (QED) is 0.352. The van der Waals surface area contributed by atoms with Crippen LogP contribution in [0.1, 0.15) is 16.1 Å². The molecule has 1 aromatic heterocycles. The van der Waals surface area contributed by atoms with Gasteiger partial charge in [0.15, 0.2) is 10.8 Å². The van der Waals surface area contributed by atoms with Crippen molar-refractivity contribution in [2.75, 3.05) is 5.73 Å². The molecule has 2 aromatic carbocycles. The van der Waals surface area contributed by atoms with Gasteiger partial charge in [0.2, 0.25) is 0 Å². The molecule has 0 aliphatic rings. The standard InChI is InChI=1S/C19H13Cl3N4O/c20-14-16(23)15(21)18(22)25-17(14)19(27)26-24-10-11-6-8-13(9-7-11)12-4-2-1-3-5-12/h1-10H,(H2,23,25)(H,26,27)/b24-10+. The van der Waals surface area contributed by atoms with Crippen LogP contribution in [0.3, 0.4) is 0 Å². The normalized spacial score (nSPS) is 10.9. The number of aromatic nitrogens is 1. The van der Waals surface area contributed by atoms with E-state index in [1.165, 1.54) is 6.21 Å². The number of carbonyl (C=O) groups excluding carboxylic acids is 1. The van der Waals surface area contributed by atoms with Gasteiger partial charge in [0, 0.05) is 0 Å². The topological polar surface area (TPSA) is 80.4 Å². The van der Waals surface area contributed by atoms with Crippen molar-refractivity contribution in [3.63, 3.8) is 0 Å². The number of pyridine rings is 1. The Kier molecular flexibility index (Phi) is 5.96. The van der Waals surface area contributed by atoms with Crippen LogP contribution in [0, 0.1) is 0 Å². The molecule has 0 spiro atoms. The van der Waals surface area contributed by atoms with Gasteiger partial charge in [-0.3, -0.25) is 4.79 Å². The van der Waals surface area contributed by atoms with Gasteiger partial charge in [-0.1, -0.05) is 89.4 Å². The predicted molar refractivity (Wildman–Crippen MR) is 111 cm³/mol. The third-order valence-corrected chi connectivity index (χ3v) is 4.82. The second-order valence-electron chi connectivity index (χ2n) is 5.48. The van der Waals surface area contributed by atoms with Crippen molar-refractivity contribution in [3.05, 3.63) is 81.1 Å². The molecule has 0 saturated heterocycles. The molecule has 0 unspecified atom stereocenters. The Bertz CT molecular complexity index is 1010. The molecule has 0 radical (unpaired) electrons. The van der Waals surface area contributed by atoms with Crippen LogP contribution in [0.2, 0.25) is 15.2 Å². The first-order valence-electron chi connectivity index (χ1n) is 7.76. The molecule has 1 amide bonds. The molecule has 0 saturated carbocycles. The first-order valence-corrected chi connectivity index (χ1v) is 8.89. The Hall–Kier alpha value is -2.60. The molecule has 0 bridgehead atoms. The smallest absolute Gasteiger partial charge is 0.291 e. The van der Waals surface area contributed by atoms with E-state index in [1.807, 2.05) is 54.6 Å². The number of amides is 1. The molecule has 0 fully saturated rings. The first-order chi connectivity index (χ1) is 13.0. The van der Waals surface area contributed by atoms with Crippen LogP contribution >= 0.6 is 34.8 Å². The number of carbonyl (C=O) groups is 1. The average molecular weight is 420 g/mol. The number of hydrogen-bond acceptors (Lipinski definition) is 4. The molecule has 8 heteroatoms. The lowest BCUT2D eigenvalue weighted by atomic mass is 10.0. The maximum absolute atomic E-state index is 12.2. The maximum atomic E-state index is 12.2. The zero-order chi connectivity index (χ0) is 19.4. The summed E-state index contributed by atoms with van der Waals surface area (Å²) in [6.45, 7) is 0. The van der Waals surface area contributed by atoms with E-state index < -0.39 is 5.91 Å². The Morgan fingerprint density at radius 3 is 2.26 bits per heavy atom. The molecule has 27 heavy (non-hydrogen) atoms. The summed E-state index contributed by atoms with van der Waals surface area (Å²) >= 11 is 17.7. The monoisotopic (exact) mass is 418 g/mol. The third-order valence-electron chi connectivity index (χ3n) is 3.68. The molecular formula is C19H13Cl3N4O. The number of halogens is 3. The fraction of sp³-hybridized carbons (Fsp3) is 0. The van der Waals surface area contributed by atoms with Crippen molar-refractivity contribution in [3.8, 4) is 11.1 Å². The second-order valence-corrected chi connectivity index (χ2v) is 6.59. The van der Waals surface area contributed by atoms with E-state index in [0.717, 1.165) is 16.7 Å². The number of nitrogens with two attached hydrogens (primary N) is 1. The molecule has 136 valence electrons. The predicted octanol–water partition coefficient (Wildman–Crippen LogP) is 5.05. The first kappa shape index (κ1) is 19.2. The van der Waals surface area contributed by atoms with Crippen molar-refractivity contribution < 1.29 is 4.79 Å². The van der Waals surface area contributed by atoms with E-state index in [9.17, 15) is 4.79 Å². The highest BCUT2D eigenvalue weighted by Gasteiger charge is 2.19. The summed E-state index contributed by atoms with van der Waals surface area (Å²) in [5.74, 6) is -0.651. The SMILES string of the molecule is Nc1c(Cl)c(Cl)nc(C(=O)N/N=C/c2ccc(-c3ccccc3)cc2)c1Cl. The fourth-order valence-corrected chi connectivity index (χ4v) is 2.89. The number of nitrogens with zero attached hydrogens (tertiary/aromatic N) is 2. The lowest BCUT2D eigenvalue weighted by Gasteiger charge is -2.07. The van der Waals surface area contributed by atoms with E-state index in [-0.39, 0.29) is 26.6 Å². The summed E-state index contributed by atoms with van der Waals surface area (Å²) in [6, 6.07) is 17.7. The fourth-order valence-electron chi connectivity index (χ4n) is 2.29. The van der Waals surface area contributed by atoms with Gasteiger partial charge < -0.3 is 5.73 Å². The zero-order valence-electron chi connectivity index (χ0n) is 13.8. The van der Waals surface area contributed by atoms with Crippen LogP contribution in [0.25, 0.3) is 11.1 Å². The molecule has 0 atom stereocenters. The van der Waals surface area contributed by atoms with E-state index in [4.69, 9.17) is 40.5 Å². The summed E-state index contributed by atoms with van der Waals surface area (Å²) in [4.78, 5) is 16.0. The largest absolute Gasteiger partial charge is 0.396 e. The minimum Gasteiger partial charge on any atom is -0.396 e. The van der Waals surface area contributed by atoms with Crippen LogP contribution in [0.15, 0.2) is 59.7 Å². The number of benzene rings is 2. The van der Waals surface area contributed by atoms with E-state index in [2.05, 4.69) is 15.5 Å². The minimum atomic E-state index is -0.651. The third kappa shape index (κ3) is 4.39. The van der Waals surface area contributed by atoms with Crippen LogP contribution in [0.4, 0.5) is 5.69 Å². The van der Waals surface area contributed by atoms with Crippen LogP contribution in [-0.4, -0.2) is 17.1 Å². The molecule has 5 nitrogen and oxygen atoms in total. The number of hydrazone groups is 1. The van der Waals surface area contributed by atoms with E-state index >= 15 is 0 Å². The summed E-state index contributed by atoms with van der Waals surface area (Å²) in [5.41, 5.74) is 10.9. The average Bonchev–Trinajstić information content (AvgIpc) is 2.70. The van der Waals surface area contributed by atoms with Gasteiger partial charge in [0.25, 0.3) is 5.91 Å². The van der Waals surface area contributed by atoms with Crippen molar-refractivity contribution in [2.24, 2.45) is 5.10 Å². The van der Waals surface area contributed by atoms with Gasteiger partial charge in [0.1, 0.15) is 5.02 Å². The molecule has 0 aliphatic carbocycles. The summed E-state index contributed by atoms with van der Waals surface area (Å²) < 4.78 is 0. The number of nitrogen functional groups attached to an aromatic ring is 1. The minimum absolute atomic E-state index is 0.000207. The summed E-state index contributed by atoms with van der Waals surface area (Å²) in [6.07, 6.45) is 1.50. The number of anilines is 1. The van der Waals surface area contributed by atoms with Gasteiger partial charge in [0.05, 0.1) is 16.9 Å². The number of hydrogen-bond donors (Lipinski definition) is 2. The molecule has 3 rings (SSSR count). The van der Waals surface area contributed by atoms with Gasteiger partial charge in [-0.15, -0.1) is 0 Å². The maximum Gasteiger partial charge on any atom is 0.291 e. The van der Waals surface area contributed by atoms with Crippen molar-refractivity contribution in [1.82, 2.24) is 10.4 Å². The summed E-state index contributed by atoms with van der Waals surface area (Å²) in [5, 5.41) is 3.72. The zero-order valence-corrected chi connectivity index (χ0v) is 16.1. The second kappa shape index (κ2) is 8.39. The molecule has 3 aromatic rings. The summed E-state index contributed by atoms with van der Waals surface area (Å²) in [7, 11) is 0. The highest BCUT2D eigenvalue weighted by molar-refractivity contribution is 6.46. The Balaban J connectivity index is 1.70. The number of rotatable bonds is 4. The lowest BCUT2D eigenvalue weighted by Crippen LogP contribution is -2.20. The van der Waals surface area contributed by atoms with Crippen molar-refractivity contribution in [1.29, 1.82) is 0 Å². The Morgan fingerprint density at radius 1 is 0.963 bits per heavy atom. The van der Waals surface area contributed by atoms with Crippen LogP contribution in [0.5, 0.6) is 0 Å². The molecule has 1 heterocycles. The van der Waals surface area contributed by atoms with Crippen molar-refractivity contribution >= 4 is 52.6 Å². The Morgan fingerprint density at radius 2 is 1.59 bits per heavy atom.